The minimum absolute atomic E-state index is 0.0193. The lowest BCUT2D eigenvalue weighted by Crippen LogP contribution is -2.44. The molecular weight excluding hydrogens is 243 g/mol. The molecule has 0 aromatic rings. The Morgan fingerprint density at radius 3 is 2.12 bits per heavy atom. The minimum atomic E-state index is -5.21. The lowest BCUT2D eigenvalue weighted by atomic mass is 9.85. The Morgan fingerprint density at radius 2 is 1.69 bits per heavy atom. The highest BCUT2D eigenvalue weighted by Gasteiger charge is 2.46. The van der Waals surface area contributed by atoms with E-state index >= 15 is 0 Å². The summed E-state index contributed by atoms with van der Waals surface area (Å²) >= 11 is 0. The van der Waals surface area contributed by atoms with E-state index in [0.29, 0.717) is 0 Å². The van der Waals surface area contributed by atoms with Crippen molar-refractivity contribution in [1.82, 2.24) is 4.72 Å². The molecule has 0 saturated heterocycles. The highest BCUT2D eigenvalue weighted by molar-refractivity contribution is 7.90. The molecule has 3 nitrogen and oxygen atoms in total. The molecule has 0 amide bonds. The fourth-order valence-electron chi connectivity index (χ4n) is 2.04. The largest absolute Gasteiger partial charge is 0.511 e. The summed E-state index contributed by atoms with van der Waals surface area (Å²) in [5.74, 6) is 0.0193. The number of rotatable bonds is 3. The van der Waals surface area contributed by atoms with Gasteiger partial charge in [-0.15, -0.1) is 0 Å². The van der Waals surface area contributed by atoms with Gasteiger partial charge in [0, 0.05) is 6.04 Å². The minimum Gasteiger partial charge on any atom is -0.204 e. The molecule has 1 rings (SSSR count). The maximum atomic E-state index is 12.1. The number of halogens is 3. The van der Waals surface area contributed by atoms with E-state index in [1.54, 1.807) is 4.72 Å². The molecule has 0 aromatic carbocycles. The predicted octanol–water partition coefficient (Wildman–Crippen LogP) is 2.39. The van der Waals surface area contributed by atoms with Gasteiger partial charge in [-0.05, 0) is 25.7 Å². The number of alkyl halides is 3. The highest BCUT2D eigenvalue weighted by Crippen LogP contribution is 2.28. The van der Waals surface area contributed by atoms with Gasteiger partial charge in [0.1, 0.15) is 0 Å². The Hall–Kier alpha value is -0.300. The SMILES string of the molecule is C[C@@H](NS(=O)(=O)C(F)(F)F)C1CCCCC1. The number of sulfonamides is 1. The van der Waals surface area contributed by atoms with E-state index in [0.717, 1.165) is 32.1 Å². The normalized spacial score (nSPS) is 22.0. The molecule has 0 unspecified atom stereocenters. The summed E-state index contributed by atoms with van der Waals surface area (Å²) in [5.41, 5.74) is -5.21. The molecule has 0 bridgehead atoms. The summed E-state index contributed by atoms with van der Waals surface area (Å²) in [6.07, 6.45) is 4.59. The van der Waals surface area contributed by atoms with Crippen molar-refractivity contribution >= 4 is 10.0 Å². The molecule has 0 aromatic heterocycles. The Morgan fingerprint density at radius 1 is 1.19 bits per heavy atom. The van der Waals surface area contributed by atoms with Crippen LogP contribution < -0.4 is 4.72 Å². The van der Waals surface area contributed by atoms with Gasteiger partial charge in [-0.2, -0.15) is 13.2 Å². The zero-order valence-electron chi connectivity index (χ0n) is 9.05. The molecule has 1 atom stereocenters. The summed E-state index contributed by atoms with van der Waals surface area (Å²) < 4.78 is 59.8. The molecule has 1 fully saturated rings. The van der Waals surface area contributed by atoms with E-state index in [1.165, 1.54) is 6.92 Å². The van der Waals surface area contributed by atoms with Gasteiger partial charge in [-0.25, -0.2) is 13.1 Å². The average Bonchev–Trinajstić information content (AvgIpc) is 2.16. The van der Waals surface area contributed by atoms with E-state index in [1.807, 2.05) is 0 Å². The number of hydrogen-bond acceptors (Lipinski definition) is 2. The summed E-state index contributed by atoms with van der Waals surface area (Å²) in [4.78, 5) is 0. The summed E-state index contributed by atoms with van der Waals surface area (Å²) in [7, 11) is -5.20. The standard InChI is InChI=1S/C9H16F3NO2S/c1-7(8-5-3-2-4-6-8)13-16(14,15)9(10,11)12/h7-8,13H,2-6H2,1H3/t7-/m1/s1. The van der Waals surface area contributed by atoms with Gasteiger partial charge >= 0.3 is 15.5 Å². The maximum Gasteiger partial charge on any atom is 0.511 e. The van der Waals surface area contributed by atoms with Crippen LogP contribution in [0.3, 0.4) is 0 Å². The van der Waals surface area contributed by atoms with Crippen LogP contribution in [0.5, 0.6) is 0 Å². The Balaban J connectivity index is 2.60. The van der Waals surface area contributed by atoms with Crippen LogP contribution in [0, 0.1) is 5.92 Å². The number of nitrogens with one attached hydrogen (secondary N) is 1. The Labute approximate surface area is 93.5 Å². The number of hydrogen-bond donors (Lipinski definition) is 1. The first kappa shape index (κ1) is 13.8. The van der Waals surface area contributed by atoms with Crippen LogP contribution in [0.4, 0.5) is 13.2 Å². The van der Waals surface area contributed by atoms with Gasteiger partial charge < -0.3 is 0 Å². The van der Waals surface area contributed by atoms with Crippen molar-refractivity contribution in [2.24, 2.45) is 5.92 Å². The second kappa shape index (κ2) is 4.91. The second-order valence-electron chi connectivity index (χ2n) is 4.25. The molecule has 16 heavy (non-hydrogen) atoms. The molecular formula is C9H16F3NO2S. The molecule has 96 valence electrons. The highest BCUT2D eigenvalue weighted by atomic mass is 32.2. The Bertz CT molecular complexity index is 320. The first-order valence-corrected chi connectivity index (χ1v) is 6.81. The second-order valence-corrected chi connectivity index (χ2v) is 5.96. The molecule has 0 spiro atoms. The van der Waals surface area contributed by atoms with Crippen molar-refractivity contribution < 1.29 is 21.6 Å². The molecule has 1 N–H and O–H groups in total. The molecule has 1 aliphatic carbocycles. The third-order valence-electron chi connectivity index (χ3n) is 3.00. The van der Waals surface area contributed by atoms with Crippen molar-refractivity contribution in [3.63, 3.8) is 0 Å². The fraction of sp³-hybridized carbons (Fsp3) is 1.00. The molecule has 0 heterocycles. The van der Waals surface area contributed by atoms with Crippen LogP contribution in [-0.2, 0) is 10.0 Å². The smallest absolute Gasteiger partial charge is 0.204 e. The van der Waals surface area contributed by atoms with Crippen molar-refractivity contribution in [2.45, 2.75) is 50.6 Å². The third kappa shape index (κ3) is 3.35. The van der Waals surface area contributed by atoms with E-state index < -0.39 is 21.6 Å². The topological polar surface area (TPSA) is 46.2 Å². The van der Waals surface area contributed by atoms with Gasteiger partial charge in [0.05, 0.1) is 0 Å². The lowest BCUT2D eigenvalue weighted by molar-refractivity contribution is -0.0452. The molecule has 7 heteroatoms. The van der Waals surface area contributed by atoms with Gasteiger partial charge in [0.25, 0.3) is 0 Å². The van der Waals surface area contributed by atoms with E-state index in [2.05, 4.69) is 0 Å². The average molecular weight is 259 g/mol. The van der Waals surface area contributed by atoms with Crippen LogP contribution in [-0.4, -0.2) is 20.0 Å². The third-order valence-corrected chi connectivity index (χ3v) is 4.29. The summed E-state index contributed by atoms with van der Waals surface area (Å²) in [5, 5.41) is 0. The molecule has 1 aliphatic rings. The van der Waals surface area contributed by atoms with E-state index in [4.69, 9.17) is 0 Å². The predicted molar refractivity (Wildman–Crippen MR) is 54.1 cm³/mol. The van der Waals surface area contributed by atoms with Crippen LogP contribution in [0.15, 0.2) is 0 Å². The van der Waals surface area contributed by atoms with E-state index in [9.17, 15) is 21.6 Å². The van der Waals surface area contributed by atoms with Crippen LogP contribution in [0.25, 0.3) is 0 Å². The van der Waals surface area contributed by atoms with Crippen molar-refractivity contribution in [2.75, 3.05) is 0 Å². The zero-order chi connectivity index (χ0) is 12.4. The zero-order valence-corrected chi connectivity index (χ0v) is 9.87. The van der Waals surface area contributed by atoms with Crippen molar-refractivity contribution in [3.8, 4) is 0 Å². The van der Waals surface area contributed by atoms with Crippen molar-refractivity contribution in [3.05, 3.63) is 0 Å². The van der Waals surface area contributed by atoms with Crippen LogP contribution >= 0.6 is 0 Å². The van der Waals surface area contributed by atoms with Gasteiger partial charge in [-0.1, -0.05) is 19.3 Å². The first-order valence-electron chi connectivity index (χ1n) is 5.32. The first-order chi connectivity index (χ1) is 7.24. The fourth-order valence-corrected chi connectivity index (χ4v) is 2.86. The summed E-state index contributed by atoms with van der Waals surface area (Å²) in [6, 6.07) is -0.646. The quantitative estimate of drug-likeness (QED) is 0.846. The van der Waals surface area contributed by atoms with E-state index in [-0.39, 0.29) is 5.92 Å². The molecule has 0 aliphatic heterocycles. The molecule has 1 saturated carbocycles. The Kier molecular flexibility index (Phi) is 4.23. The van der Waals surface area contributed by atoms with Crippen LogP contribution in [0.1, 0.15) is 39.0 Å². The van der Waals surface area contributed by atoms with Crippen molar-refractivity contribution in [1.29, 1.82) is 0 Å². The molecule has 0 radical (unpaired) electrons. The van der Waals surface area contributed by atoms with Gasteiger partial charge in [-0.3, -0.25) is 0 Å². The lowest BCUT2D eigenvalue weighted by Gasteiger charge is -2.28. The summed E-state index contributed by atoms with van der Waals surface area (Å²) in [6.45, 7) is 1.50. The maximum absolute atomic E-state index is 12.1. The van der Waals surface area contributed by atoms with Gasteiger partial charge in [0.15, 0.2) is 0 Å². The van der Waals surface area contributed by atoms with Gasteiger partial charge in [0.2, 0.25) is 0 Å². The van der Waals surface area contributed by atoms with Crippen LogP contribution in [0.2, 0.25) is 0 Å². The monoisotopic (exact) mass is 259 g/mol.